The topological polar surface area (TPSA) is 14.2 Å². The average Bonchev–Trinajstić information content (AvgIpc) is 2.62. The lowest BCUT2D eigenvalue weighted by Crippen LogP contribution is -2.19. The largest absolute Gasteiger partial charge is 0.376 e. The van der Waals surface area contributed by atoms with Gasteiger partial charge in [-0.2, -0.15) is 0 Å². The summed E-state index contributed by atoms with van der Waals surface area (Å²) < 4.78 is 8.28. The summed E-state index contributed by atoms with van der Waals surface area (Å²) in [6.07, 6.45) is 7.17. The Bertz CT molecular complexity index is 304. The molecule has 90 valence electrons. The highest BCUT2D eigenvalue weighted by Crippen LogP contribution is 2.20. The number of ether oxygens (including phenoxy) is 1. The molecule has 1 heterocycles. The molecule has 1 aromatic heterocycles. The lowest BCUT2D eigenvalue weighted by Gasteiger charge is -2.22. The Morgan fingerprint density at radius 2 is 1.75 bits per heavy atom. The lowest BCUT2D eigenvalue weighted by molar-refractivity contribution is 0.0237. The molecule has 1 saturated carbocycles. The molecule has 0 N–H and O–H groups in total. The van der Waals surface area contributed by atoms with Crippen LogP contribution in [0.4, 0.5) is 0 Å². The monoisotopic (exact) mass is 221 g/mol. The first-order valence-electron chi connectivity index (χ1n) is 6.51. The zero-order valence-corrected chi connectivity index (χ0v) is 10.5. The number of rotatable bonds is 4. The molecule has 0 amide bonds. The lowest BCUT2D eigenvalue weighted by atomic mass is 9.98. The van der Waals surface area contributed by atoms with E-state index in [-0.39, 0.29) is 0 Å². The molecule has 0 spiro atoms. The van der Waals surface area contributed by atoms with Crippen LogP contribution >= 0.6 is 0 Å². The van der Waals surface area contributed by atoms with Crippen molar-refractivity contribution >= 4 is 0 Å². The molecule has 16 heavy (non-hydrogen) atoms. The summed E-state index contributed by atoms with van der Waals surface area (Å²) in [5, 5.41) is 0. The van der Waals surface area contributed by atoms with E-state index in [1.165, 1.54) is 43.5 Å². The number of aryl methyl sites for hydroxylation is 2. The van der Waals surface area contributed by atoms with Crippen molar-refractivity contribution < 1.29 is 4.74 Å². The Morgan fingerprint density at radius 1 is 1.12 bits per heavy atom. The van der Waals surface area contributed by atoms with Crippen molar-refractivity contribution in [1.82, 2.24) is 4.57 Å². The maximum Gasteiger partial charge on any atom is 0.0649 e. The summed E-state index contributed by atoms with van der Waals surface area (Å²) >= 11 is 0. The van der Waals surface area contributed by atoms with Gasteiger partial charge in [-0.05, 0) is 38.8 Å². The minimum absolute atomic E-state index is 0.532. The van der Waals surface area contributed by atoms with E-state index in [9.17, 15) is 0 Å². The SMILES string of the molecule is Cc1ccc(C)n1CCOC1CCCCC1. The quantitative estimate of drug-likeness (QED) is 0.759. The van der Waals surface area contributed by atoms with Gasteiger partial charge in [0.1, 0.15) is 0 Å². The second-order valence-corrected chi connectivity index (χ2v) is 4.90. The molecule has 0 bridgehead atoms. The van der Waals surface area contributed by atoms with Crippen LogP contribution < -0.4 is 0 Å². The van der Waals surface area contributed by atoms with E-state index < -0.39 is 0 Å². The van der Waals surface area contributed by atoms with E-state index in [1.807, 2.05) is 0 Å². The van der Waals surface area contributed by atoms with Crippen LogP contribution in [0.25, 0.3) is 0 Å². The number of nitrogens with zero attached hydrogens (tertiary/aromatic N) is 1. The van der Waals surface area contributed by atoms with E-state index in [4.69, 9.17) is 4.74 Å². The fourth-order valence-corrected chi connectivity index (χ4v) is 2.59. The first-order chi connectivity index (χ1) is 7.77. The van der Waals surface area contributed by atoms with E-state index in [0.29, 0.717) is 6.10 Å². The summed E-state index contributed by atoms with van der Waals surface area (Å²) in [6.45, 7) is 6.18. The Labute approximate surface area is 98.6 Å². The van der Waals surface area contributed by atoms with Crippen molar-refractivity contribution in [1.29, 1.82) is 0 Å². The van der Waals surface area contributed by atoms with Gasteiger partial charge < -0.3 is 9.30 Å². The highest BCUT2D eigenvalue weighted by Gasteiger charge is 2.13. The summed E-state index contributed by atoms with van der Waals surface area (Å²) in [5.41, 5.74) is 2.68. The molecular formula is C14H23NO. The molecular weight excluding hydrogens is 198 g/mol. The average molecular weight is 221 g/mol. The van der Waals surface area contributed by atoms with Gasteiger partial charge in [0.2, 0.25) is 0 Å². The van der Waals surface area contributed by atoms with Crippen LogP contribution in [-0.2, 0) is 11.3 Å². The van der Waals surface area contributed by atoms with Crippen molar-refractivity contribution in [3.05, 3.63) is 23.5 Å². The molecule has 2 nitrogen and oxygen atoms in total. The Kier molecular flexibility index (Phi) is 4.05. The summed E-state index contributed by atoms with van der Waals surface area (Å²) in [4.78, 5) is 0. The van der Waals surface area contributed by atoms with E-state index in [0.717, 1.165) is 13.2 Å². The Morgan fingerprint density at radius 3 is 2.38 bits per heavy atom. The molecule has 1 aromatic rings. The molecule has 2 rings (SSSR count). The molecule has 0 radical (unpaired) electrons. The molecule has 0 atom stereocenters. The van der Waals surface area contributed by atoms with Crippen LogP contribution in [0, 0.1) is 13.8 Å². The fraction of sp³-hybridized carbons (Fsp3) is 0.714. The molecule has 1 aliphatic carbocycles. The van der Waals surface area contributed by atoms with Gasteiger partial charge in [-0.25, -0.2) is 0 Å². The van der Waals surface area contributed by atoms with Crippen LogP contribution in [-0.4, -0.2) is 17.3 Å². The van der Waals surface area contributed by atoms with Gasteiger partial charge in [0.15, 0.2) is 0 Å². The number of hydrogen-bond donors (Lipinski definition) is 0. The van der Waals surface area contributed by atoms with Gasteiger partial charge in [-0.15, -0.1) is 0 Å². The first kappa shape index (κ1) is 11.7. The zero-order chi connectivity index (χ0) is 11.4. The minimum Gasteiger partial charge on any atom is -0.376 e. The highest BCUT2D eigenvalue weighted by atomic mass is 16.5. The van der Waals surface area contributed by atoms with E-state index in [1.54, 1.807) is 0 Å². The third-order valence-electron chi connectivity index (χ3n) is 3.64. The normalized spacial score (nSPS) is 17.9. The Hall–Kier alpha value is -0.760. The molecule has 1 aliphatic rings. The molecule has 2 heteroatoms. The minimum atomic E-state index is 0.532. The van der Waals surface area contributed by atoms with E-state index >= 15 is 0 Å². The predicted octanol–water partition coefficient (Wildman–Crippen LogP) is 3.45. The van der Waals surface area contributed by atoms with Crippen molar-refractivity contribution in [2.24, 2.45) is 0 Å². The van der Waals surface area contributed by atoms with E-state index in [2.05, 4.69) is 30.5 Å². The smallest absolute Gasteiger partial charge is 0.0649 e. The zero-order valence-electron chi connectivity index (χ0n) is 10.5. The number of hydrogen-bond acceptors (Lipinski definition) is 1. The second kappa shape index (κ2) is 5.53. The third-order valence-corrected chi connectivity index (χ3v) is 3.64. The molecule has 1 fully saturated rings. The maximum atomic E-state index is 5.95. The highest BCUT2D eigenvalue weighted by molar-refractivity contribution is 5.13. The third kappa shape index (κ3) is 2.88. The molecule has 0 aromatic carbocycles. The van der Waals surface area contributed by atoms with Crippen LogP contribution in [0.2, 0.25) is 0 Å². The molecule has 0 saturated heterocycles. The van der Waals surface area contributed by atoms with Gasteiger partial charge in [0.25, 0.3) is 0 Å². The van der Waals surface area contributed by atoms with Crippen molar-refractivity contribution in [2.75, 3.05) is 6.61 Å². The van der Waals surface area contributed by atoms with Crippen LogP contribution in [0.15, 0.2) is 12.1 Å². The predicted molar refractivity (Wildman–Crippen MR) is 66.7 cm³/mol. The van der Waals surface area contributed by atoms with Gasteiger partial charge in [-0.3, -0.25) is 0 Å². The van der Waals surface area contributed by atoms with Gasteiger partial charge in [0, 0.05) is 17.9 Å². The first-order valence-corrected chi connectivity index (χ1v) is 6.51. The van der Waals surface area contributed by atoms with Crippen LogP contribution in [0.3, 0.4) is 0 Å². The van der Waals surface area contributed by atoms with Gasteiger partial charge >= 0.3 is 0 Å². The summed E-state index contributed by atoms with van der Waals surface area (Å²) in [7, 11) is 0. The molecule has 0 aliphatic heterocycles. The fourth-order valence-electron chi connectivity index (χ4n) is 2.59. The van der Waals surface area contributed by atoms with Crippen LogP contribution in [0.1, 0.15) is 43.5 Å². The number of aromatic nitrogens is 1. The van der Waals surface area contributed by atoms with Crippen molar-refractivity contribution in [2.45, 2.75) is 58.6 Å². The summed E-state index contributed by atoms with van der Waals surface area (Å²) in [5.74, 6) is 0. The molecule has 0 unspecified atom stereocenters. The van der Waals surface area contributed by atoms with Crippen LogP contribution in [0.5, 0.6) is 0 Å². The van der Waals surface area contributed by atoms with Gasteiger partial charge in [-0.1, -0.05) is 19.3 Å². The summed E-state index contributed by atoms with van der Waals surface area (Å²) in [6, 6.07) is 4.35. The Balaban J connectivity index is 1.75. The maximum absolute atomic E-state index is 5.95. The van der Waals surface area contributed by atoms with Crippen molar-refractivity contribution in [3.8, 4) is 0 Å². The van der Waals surface area contributed by atoms with Gasteiger partial charge in [0.05, 0.1) is 12.7 Å². The van der Waals surface area contributed by atoms with Crippen molar-refractivity contribution in [3.63, 3.8) is 0 Å². The second-order valence-electron chi connectivity index (χ2n) is 4.90. The standard InChI is InChI=1S/C14H23NO/c1-12-8-9-13(2)15(12)10-11-16-14-6-4-3-5-7-14/h8-9,14H,3-7,10-11H2,1-2H3.